The fourth-order valence-electron chi connectivity index (χ4n) is 1.90. The second-order valence-electron chi connectivity index (χ2n) is 3.39. The predicted molar refractivity (Wildman–Crippen MR) is 45.4 cm³/mol. The Balaban J connectivity index is 1.89. The first-order chi connectivity index (χ1) is 5.77. The van der Waals surface area contributed by atoms with Crippen molar-refractivity contribution in [1.29, 1.82) is 0 Å². The molecule has 2 heteroatoms. The third-order valence-corrected chi connectivity index (χ3v) is 2.58. The van der Waals surface area contributed by atoms with Crippen LogP contribution >= 0.6 is 0 Å². The van der Waals surface area contributed by atoms with Crippen LogP contribution in [-0.4, -0.2) is 12.6 Å². The number of allylic oxidation sites excluding steroid dienone is 4. The molecule has 0 saturated heterocycles. The highest BCUT2D eigenvalue weighted by molar-refractivity contribution is 5.65. The summed E-state index contributed by atoms with van der Waals surface area (Å²) in [5.41, 5.74) is 0. The van der Waals surface area contributed by atoms with Crippen LogP contribution in [0.2, 0.25) is 0 Å². The average Bonchev–Trinajstić information content (AvgIpc) is 2.59. The molecule has 0 spiro atoms. The quantitative estimate of drug-likeness (QED) is 0.457. The molecule has 0 aromatic rings. The SMILES string of the molecule is CC(=O)OCC1C2C=CC1C=C2. The number of ether oxygens (including phenoxy) is 1. The van der Waals surface area contributed by atoms with Crippen LogP contribution in [-0.2, 0) is 9.53 Å². The summed E-state index contributed by atoms with van der Waals surface area (Å²) in [7, 11) is 0. The monoisotopic (exact) mass is 164 g/mol. The molecule has 0 radical (unpaired) electrons. The van der Waals surface area contributed by atoms with E-state index in [9.17, 15) is 4.79 Å². The summed E-state index contributed by atoms with van der Waals surface area (Å²) in [6.45, 7) is 2.02. The number of esters is 1. The van der Waals surface area contributed by atoms with Crippen molar-refractivity contribution in [3.8, 4) is 0 Å². The molecule has 2 rings (SSSR count). The maximum Gasteiger partial charge on any atom is 0.302 e. The minimum absolute atomic E-state index is 0.179. The van der Waals surface area contributed by atoms with Crippen molar-refractivity contribution in [3.63, 3.8) is 0 Å². The Kier molecular flexibility index (Phi) is 1.75. The van der Waals surface area contributed by atoms with E-state index in [1.54, 1.807) is 0 Å². The molecule has 2 aliphatic rings. The van der Waals surface area contributed by atoms with Gasteiger partial charge in [0.2, 0.25) is 0 Å². The lowest BCUT2D eigenvalue weighted by atomic mass is 9.96. The lowest BCUT2D eigenvalue weighted by Crippen LogP contribution is -2.17. The lowest BCUT2D eigenvalue weighted by Gasteiger charge is -2.14. The van der Waals surface area contributed by atoms with Crippen LogP contribution in [0.1, 0.15) is 6.92 Å². The summed E-state index contributed by atoms with van der Waals surface area (Å²) in [6, 6.07) is 0. The number of carbonyl (C=O) groups excluding carboxylic acids is 1. The molecule has 0 saturated carbocycles. The van der Waals surface area contributed by atoms with E-state index < -0.39 is 0 Å². The van der Waals surface area contributed by atoms with Gasteiger partial charge in [0.25, 0.3) is 0 Å². The second kappa shape index (κ2) is 2.77. The second-order valence-corrected chi connectivity index (χ2v) is 3.39. The van der Waals surface area contributed by atoms with Gasteiger partial charge in [0.15, 0.2) is 0 Å². The summed E-state index contributed by atoms with van der Waals surface area (Å²) in [5, 5.41) is 0. The van der Waals surface area contributed by atoms with Crippen molar-refractivity contribution in [2.45, 2.75) is 6.92 Å². The van der Waals surface area contributed by atoms with Crippen molar-refractivity contribution in [3.05, 3.63) is 24.3 Å². The first kappa shape index (κ1) is 7.59. The molecule has 0 aromatic heterocycles. The van der Waals surface area contributed by atoms with E-state index in [1.165, 1.54) is 6.92 Å². The maximum atomic E-state index is 10.6. The Morgan fingerprint density at radius 1 is 1.25 bits per heavy atom. The normalized spacial score (nSPS) is 35.9. The van der Waals surface area contributed by atoms with E-state index in [2.05, 4.69) is 24.3 Å². The van der Waals surface area contributed by atoms with Gasteiger partial charge >= 0.3 is 5.97 Å². The van der Waals surface area contributed by atoms with Crippen molar-refractivity contribution in [2.75, 3.05) is 6.61 Å². The van der Waals surface area contributed by atoms with E-state index in [-0.39, 0.29) is 5.97 Å². The molecular formula is C10H12O2. The molecule has 0 aliphatic heterocycles. The largest absolute Gasteiger partial charge is 0.466 e. The molecule has 2 aliphatic carbocycles. The highest BCUT2D eigenvalue weighted by atomic mass is 16.5. The number of hydrogen-bond acceptors (Lipinski definition) is 2. The zero-order chi connectivity index (χ0) is 8.55. The molecule has 0 aromatic carbocycles. The first-order valence-electron chi connectivity index (χ1n) is 4.27. The average molecular weight is 164 g/mol. The highest BCUT2D eigenvalue weighted by Gasteiger charge is 2.33. The van der Waals surface area contributed by atoms with Crippen LogP contribution in [0.25, 0.3) is 0 Å². The van der Waals surface area contributed by atoms with Gasteiger partial charge in [0.1, 0.15) is 0 Å². The van der Waals surface area contributed by atoms with Crippen LogP contribution < -0.4 is 0 Å². The zero-order valence-electron chi connectivity index (χ0n) is 7.07. The van der Waals surface area contributed by atoms with Crippen LogP contribution in [0.3, 0.4) is 0 Å². The fourth-order valence-corrected chi connectivity index (χ4v) is 1.90. The van der Waals surface area contributed by atoms with Gasteiger partial charge in [0.05, 0.1) is 6.61 Å². The van der Waals surface area contributed by atoms with Crippen LogP contribution in [0, 0.1) is 17.8 Å². The highest BCUT2D eigenvalue weighted by Crippen LogP contribution is 2.38. The minimum Gasteiger partial charge on any atom is -0.466 e. The predicted octanol–water partition coefficient (Wildman–Crippen LogP) is 1.54. The molecular weight excluding hydrogens is 152 g/mol. The molecule has 0 fully saturated rings. The standard InChI is InChI=1S/C10H12O2/c1-7(11)12-6-10-8-2-3-9(10)5-4-8/h2-5,8-10H,6H2,1H3. The zero-order valence-corrected chi connectivity index (χ0v) is 7.07. The van der Waals surface area contributed by atoms with E-state index in [1.807, 2.05) is 0 Å². The maximum absolute atomic E-state index is 10.6. The van der Waals surface area contributed by atoms with Gasteiger partial charge in [-0.1, -0.05) is 24.3 Å². The van der Waals surface area contributed by atoms with E-state index >= 15 is 0 Å². The summed E-state index contributed by atoms with van der Waals surface area (Å²) in [6.07, 6.45) is 8.77. The topological polar surface area (TPSA) is 26.3 Å². The molecule has 64 valence electrons. The van der Waals surface area contributed by atoms with E-state index in [0.29, 0.717) is 24.4 Å². The molecule has 0 heterocycles. The van der Waals surface area contributed by atoms with Crippen LogP contribution in [0.15, 0.2) is 24.3 Å². The van der Waals surface area contributed by atoms with Gasteiger partial charge in [-0.2, -0.15) is 0 Å². The number of rotatable bonds is 2. The van der Waals surface area contributed by atoms with Crippen LogP contribution in [0.4, 0.5) is 0 Å². The summed E-state index contributed by atoms with van der Waals surface area (Å²) >= 11 is 0. The number of hydrogen-bond donors (Lipinski definition) is 0. The van der Waals surface area contributed by atoms with Crippen molar-refractivity contribution in [2.24, 2.45) is 17.8 Å². The van der Waals surface area contributed by atoms with Gasteiger partial charge in [-0.15, -0.1) is 0 Å². The molecule has 0 N–H and O–H groups in total. The number of carbonyl (C=O) groups is 1. The molecule has 2 nitrogen and oxygen atoms in total. The molecule has 0 amide bonds. The first-order valence-corrected chi connectivity index (χ1v) is 4.27. The van der Waals surface area contributed by atoms with Gasteiger partial charge in [-0.05, 0) is 0 Å². The third-order valence-electron chi connectivity index (χ3n) is 2.58. The van der Waals surface area contributed by atoms with E-state index in [4.69, 9.17) is 4.74 Å². The molecule has 0 atom stereocenters. The molecule has 0 unspecified atom stereocenters. The smallest absolute Gasteiger partial charge is 0.302 e. The summed E-state index contributed by atoms with van der Waals surface area (Å²) < 4.78 is 4.99. The molecule has 12 heavy (non-hydrogen) atoms. The Morgan fingerprint density at radius 3 is 2.17 bits per heavy atom. The fraction of sp³-hybridized carbons (Fsp3) is 0.500. The van der Waals surface area contributed by atoms with Gasteiger partial charge < -0.3 is 4.74 Å². The summed E-state index contributed by atoms with van der Waals surface area (Å²) in [5.74, 6) is 1.32. The van der Waals surface area contributed by atoms with Gasteiger partial charge in [0, 0.05) is 24.7 Å². The Labute approximate surface area is 71.9 Å². The number of fused-ring (bicyclic) bond motifs is 2. The summed E-state index contributed by atoms with van der Waals surface area (Å²) in [4.78, 5) is 10.6. The molecule has 2 bridgehead atoms. The van der Waals surface area contributed by atoms with Crippen molar-refractivity contribution in [1.82, 2.24) is 0 Å². The van der Waals surface area contributed by atoms with Crippen LogP contribution in [0.5, 0.6) is 0 Å². The van der Waals surface area contributed by atoms with Crippen molar-refractivity contribution < 1.29 is 9.53 Å². The Hall–Kier alpha value is -1.05. The third kappa shape index (κ3) is 1.17. The van der Waals surface area contributed by atoms with Crippen molar-refractivity contribution >= 4 is 5.97 Å². The Bertz CT molecular complexity index is 223. The lowest BCUT2D eigenvalue weighted by molar-refractivity contribution is -0.142. The van der Waals surface area contributed by atoms with E-state index in [0.717, 1.165) is 0 Å². The van der Waals surface area contributed by atoms with Gasteiger partial charge in [-0.3, -0.25) is 4.79 Å². The Morgan fingerprint density at radius 2 is 1.75 bits per heavy atom. The minimum atomic E-state index is -0.179. The van der Waals surface area contributed by atoms with Gasteiger partial charge in [-0.25, -0.2) is 0 Å².